The van der Waals surface area contributed by atoms with Crippen molar-refractivity contribution in [2.75, 3.05) is 5.43 Å². The van der Waals surface area contributed by atoms with Crippen LogP contribution in [0.5, 0.6) is 0 Å². The highest BCUT2D eigenvalue weighted by molar-refractivity contribution is 7.13. The molecule has 1 aromatic carbocycles. The number of nitrogens with zero attached hydrogens (tertiary/aromatic N) is 2. The molecule has 1 N–H and O–H groups in total. The molecule has 0 bridgehead atoms. The molecule has 0 radical (unpaired) electrons. The number of aryl methyl sites for hydroxylation is 1. The summed E-state index contributed by atoms with van der Waals surface area (Å²) in [6.07, 6.45) is 1.71. The van der Waals surface area contributed by atoms with Crippen molar-refractivity contribution >= 4 is 34.3 Å². The van der Waals surface area contributed by atoms with Gasteiger partial charge in [-0.25, -0.2) is 4.98 Å². The van der Waals surface area contributed by atoms with Gasteiger partial charge in [-0.15, -0.1) is 11.3 Å². The van der Waals surface area contributed by atoms with E-state index >= 15 is 0 Å². The second-order valence-corrected chi connectivity index (χ2v) is 4.51. The number of aromatic nitrogens is 1. The first kappa shape index (κ1) is 11.1. The second kappa shape index (κ2) is 5.09. The van der Waals surface area contributed by atoms with Crippen LogP contribution in [0.4, 0.5) is 5.13 Å². The molecule has 0 unspecified atom stereocenters. The van der Waals surface area contributed by atoms with Crippen molar-refractivity contribution in [1.29, 1.82) is 0 Å². The molecule has 0 spiro atoms. The molecule has 0 fully saturated rings. The van der Waals surface area contributed by atoms with Crippen LogP contribution in [0, 0.1) is 6.92 Å². The normalized spacial score (nSPS) is 10.9. The number of hydrazone groups is 1. The van der Waals surface area contributed by atoms with Crippen molar-refractivity contribution in [3.8, 4) is 0 Å². The van der Waals surface area contributed by atoms with Crippen LogP contribution in [-0.2, 0) is 0 Å². The fraction of sp³-hybridized carbons (Fsp3) is 0.0909. The van der Waals surface area contributed by atoms with Gasteiger partial charge in [-0.1, -0.05) is 23.7 Å². The van der Waals surface area contributed by atoms with E-state index < -0.39 is 0 Å². The number of halogens is 1. The third kappa shape index (κ3) is 3.05. The zero-order chi connectivity index (χ0) is 11.4. The fourth-order valence-electron chi connectivity index (χ4n) is 1.15. The number of anilines is 1. The van der Waals surface area contributed by atoms with Gasteiger partial charge in [0.05, 0.1) is 11.9 Å². The average molecular weight is 252 g/mol. The summed E-state index contributed by atoms with van der Waals surface area (Å²) in [6, 6.07) is 7.50. The smallest absolute Gasteiger partial charge is 0.203 e. The van der Waals surface area contributed by atoms with Crippen molar-refractivity contribution in [3.05, 3.63) is 45.9 Å². The van der Waals surface area contributed by atoms with E-state index in [1.165, 1.54) is 11.3 Å². The van der Waals surface area contributed by atoms with Crippen LogP contribution in [0.25, 0.3) is 0 Å². The molecule has 3 nitrogen and oxygen atoms in total. The number of benzene rings is 1. The average Bonchev–Trinajstić information content (AvgIpc) is 2.64. The molecule has 0 amide bonds. The van der Waals surface area contributed by atoms with Crippen LogP contribution in [0.15, 0.2) is 34.7 Å². The maximum atomic E-state index is 5.85. The van der Waals surface area contributed by atoms with Gasteiger partial charge in [0.2, 0.25) is 5.13 Å². The summed E-state index contributed by atoms with van der Waals surface area (Å²) in [7, 11) is 0. The second-order valence-electron chi connectivity index (χ2n) is 3.22. The third-order valence-electron chi connectivity index (χ3n) is 1.84. The first-order valence-corrected chi connectivity index (χ1v) is 5.96. The standard InChI is InChI=1S/C11H10ClN3S/c1-8-7-16-11(14-8)15-13-6-9-3-2-4-10(12)5-9/h2-7H,1H3,(H,14,15)/b13-6+. The predicted molar refractivity (Wildman–Crippen MR) is 69.5 cm³/mol. The number of nitrogens with one attached hydrogen (secondary N) is 1. The Morgan fingerprint density at radius 1 is 1.50 bits per heavy atom. The van der Waals surface area contributed by atoms with Crippen LogP contribution < -0.4 is 5.43 Å². The quantitative estimate of drug-likeness (QED) is 0.669. The van der Waals surface area contributed by atoms with Crippen molar-refractivity contribution < 1.29 is 0 Å². The van der Waals surface area contributed by atoms with Gasteiger partial charge in [0.15, 0.2) is 0 Å². The monoisotopic (exact) mass is 251 g/mol. The van der Waals surface area contributed by atoms with E-state index in [1.807, 2.05) is 36.6 Å². The van der Waals surface area contributed by atoms with Gasteiger partial charge < -0.3 is 0 Å². The predicted octanol–water partition coefficient (Wildman–Crippen LogP) is 3.55. The number of thiazole rings is 1. The summed E-state index contributed by atoms with van der Waals surface area (Å²) in [5.41, 5.74) is 4.81. The van der Waals surface area contributed by atoms with Crippen LogP contribution >= 0.6 is 22.9 Å². The highest BCUT2D eigenvalue weighted by Gasteiger charge is 1.94. The maximum Gasteiger partial charge on any atom is 0.203 e. The van der Waals surface area contributed by atoms with Crippen LogP contribution in [-0.4, -0.2) is 11.2 Å². The molecule has 5 heteroatoms. The van der Waals surface area contributed by atoms with E-state index in [2.05, 4.69) is 15.5 Å². The van der Waals surface area contributed by atoms with Gasteiger partial charge in [0, 0.05) is 10.4 Å². The van der Waals surface area contributed by atoms with Gasteiger partial charge in [-0.05, 0) is 24.6 Å². The Kier molecular flexibility index (Phi) is 3.54. The van der Waals surface area contributed by atoms with E-state index in [0.29, 0.717) is 5.02 Å². The summed E-state index contributed by atoms with van der Waals surface area (Å²) in [4.78, 5) is 4.23. The molecular weight excluding hydrogens is 242 g/mol. The highest BCUT2D eigenvalue weighted by atomic mass is 35.5. The summed E-state index contributed by atoms with van der Waals surface area (Å²) < 4.78 is 0. The van der Waals surface area contributed by atoms with Gasteiger partial charge in [-0.3, -0.25) is 5.43 Å². The molecule has 0 aliphatic heterocycles. The van der Waals surface area contributed by atoms with Crippen molar-refractivity contribution in [3.63, 3.8) is 0 Å². The lowest BCUT2D eigenvalue weighted by atomic mass is 10.2. The van der Waals surface area contributed by atoms with Crippen molar-refractivity contribution in [1.82, 2.24) is 4.98 Å². The molecule has 16 heavy (non-hydrogen) atoms. The minimum absolute atomic E-state index is 0.703. The van der Waals surface area contributed by atoms with Crippen molar-refractivity contribution in [2.24, 2.45) is 5.10 Å². The zero-order valence-electron chi connectivity index (χ0n) is 8.64. The summed E-state index contributed by atoms with van der Waals surface area (Å²) in [5, 5.41) is 7.54. The topological polar surface area (TPSA) is 37.3 Å². The summed E-state index contributed by atoms with van der Waals surface area (Å²) in [5.74, 6) is 0. The fourth-order valence-corrected chi connectivity index (χ4v) is 1.99. The molecule has 0 saturated heterocycles. The number of rotatable bonds is 3. The van der Waals surface area contributed by atoms with E-state index in [-0.39, 0.29) is 0 Å². The Balaban J connectivity index is 2.00. The molecule has 0 aliphatic rings. The van der Waals surface area contributed by atoms with E-state index in [9.17, 15) is 0 Å². The lowest BCUT2D eigenvalue weighted by Crippen LogP contribution is -1.89. The molecule has 1 heterocycles. The summed E-state index contributed by atoms with van der Waals surface area (Å²) >= 11 is 7.38. The highest BCUT2D eigenvalue weighted by Crippen LogP contribution is 2.14. The molecule has 1 aromatic heterocycles. The van der Waals surface area contributed by atoms with Gasteiger partial charge in [0.1, 0.15) is 0 Å². The van der Waals surface area contributed by atoms with Gasteiger partial charge in [0.25, 0.3) is 0 Å². The van der Waals surface area contributed by atoms with E-state index in [0.717, 1.165) is 16.4 Å². The lowest BCUT2D eigenvalue weighted by Gasteiger charge is -1.94. The van der Waals surface area contributed by atoms with E-state index in [1.54, 1.807) is 6.21 Å². The SMILES string of the molecule is Cc1csc(N/N=C/c2cccc(Cl)c2)n1. The zero-order valence-corrected chi connectivity index (χ0v) is 10.2. The molecule has 2 rings (SSSR count). The molecule has 0 saturated carbocycles. The first-order chi connectivity index (χ1) is 7.74. The minimum atomic E-state index is 0.703. The first-order valence-electron chi connectivity index (χ1n) is 4.71. The Hall–Kier alpha value is -1.39. The van der Waals surface area contributed by atoms with Crippen molar-refractivity contribution in [2.45, 2.75) is 6.92 Å². The van der Waals surface area contributed by atoms with Crippen LogP contribution in [0.1, 0.15) is 11.3 Å². The minimum Gasteiger partial charge on any atom is -0.253 e. The molecular formula is C11H10ClN3S. The molecule has 0 aliphatic carbocycles. The number of hydrogen-bond donors (Lipinski definition) is 1. The third-order valence-corrected chi connectivity index (χ3v) is 2.94. The van der Waals surface area contributed by atoms with Gasteiger partial charge >= 0.3 is 0 Å². The Labute approximate surface area is 103 Å². The largest absolute Gasteiger partial charge is 0.253 e. The van der Waals surface area contributed by atoms with Gasteiger partial charge in [-0.2, -0.15) is 5.10 Å². The molecule has 2 aromatic rings. The molecule has 0 atom stereocenters. The van der Waals surface area contributed by atoms with E-state index in [4.69, 9.17) is 11.6 Å². The van der Waals surface area contributed by atoms with Crippen LogP contribution in [0.2, 0.25) is 5.02 Å². The summed E-state index contributed by atoms with van der Waals surface area (Å²) in [6.45, 7) is 1.95. The van der Waals surface area contributed by atoms with Crippen LogP contribution in [0.3, 0.4) is 0 Å². The Bertz CT molecular complexity index is 507. The maximum absolute atomic E-state index is 5.85. The Morgan fingerprint density at radius 3 is 3.06 bits per heavy atom. The lowest BCUT2D eigenvalue weighted by molar-refractivity contribution is 1.22. The Morgan fingerprint density at radius 2 is 2.38 bits per heavy atom. The number of hydrogen-bond acceptors (Lipinski definition) is 4. The molecule has 82 valence electrons.